The normalized spacial score (nSPS) is 20.0. The lowest BCUT2D eigenvalue weighted by atomic mass is 10.0. The van der Waals surface area contributed by atoms with Gasteiger partial charge in [0, 0.05) is 37.5 Å². The summed E-state index contributed by atoms with van der Waals surface area (Å²) in [5.41, 5.74) is 1.84. The summed E-state index contributed by atoms with van der Waals surface area (Å²) < 4.78 is 1.47. The van der Waals surface area contributed by atoms with Gasteiger partial charge in [-0.2, -0.15) is 5.10 Å². The minimum Gasteiger partial charge on any atom is -0.354 e. The van der Waals surface area contributed by atoms with E-state index in [1.807, 2.05) is 56.3 Å². The first-order valence-corrected chi connectivity index (χ1v) is 17.3. The van der Waals surface area contributed by atoms with E-state index in [0.29, 0.717) is 30.9 Å². The molecule has 0 unspecified atom stereocenters. The van der Waals surface area contributed by atoms with Crippen molar-refractivity contribution in [2.24, 2.45) is 5.92 Å². The Morgan fingerprint density at radius 1 is 0.900 bits per heavy atom. The van der Waals surface area contributed by atoms with Gasteiger partial charge in [0.2, 0.25) is 29.5 Å². The third-order valence-electron chi connectivity index (χ3n) is 8.33. The van der Waals surface area contributed by atoms with Crippen molar-refractivity contribution in [2.75, 3.05) is 19.6 Å². The second-order valence-corrected chi connectivity index (χ2v) is 13.1. The summed E-state index contributed by atoms with van der Waals surface area (Å²) in [7, 11) is 0. The predicted molar refractivity (Wildman–Crippen MR) is 187 cm³/mol. The van der Waals surface area contributed by atoms with Crippen LogP contribution >= 0.6 is 0 Å². The SMILES string of the molecule is CC(C)C[C@H]1NC(=O)[C@@H](C)NC(=O)CN(C(=O)CCCCc2cccnc2)CCCNC(=O)Cn2nc(-c3ccccc3)nc2[C@H](C)NC1=O. The average molecular weight is 688 g/mol. The summed E-state index contributed by atoms with van der Waals surface area (Å²) in [6.07, 6.45) is 6.72. The number of aryl methyl sites for hydroxylation is 1. The Morgan fingerprint density at radius 3 is 2.40 bits per heavy atom. The zero-order valence-corrected chi connectivity index (χ0v) is 29.4. The quantitative estimate of drug-likeness (QED) is 0.261. The van der Waals surface area contributed by atoms with Crippen LogP contribution in [0.2, 0.25) is 0 Å². The summed E-state index contributed by atoms with van der Waals surface area (Å²) in [5.74, 6) is -1.13. The second kappa shape index (κ2) is 18.6. The van der Waals surface area contributed by atoms with Crippen LogP contribution in [0.4, 0.5) is 0 Å². The van der Waals surface area contributed by atoms with Crippen molar-refractivity contribution in [3.05, 3.63) is 66.2 Å². The van der Waals surface area contributed by atoms with Gasteiger partial charge in [0.15, 0.2) is 5.82 Å². The number of pyridine rings is 1. The smallest absolute Gasteiger partial charge is 0.243 e. The maximum Gasteiger partial charge on any atom is 0.243 e. The first-order valence-electron chi connectivity index (χ1n) is 17.3. The van der Waals surface area contributed by atoms with Crippen molar-refractivity contribution < 1.29 is 24.0 Å². The molecule has 1 aliphatic heterocycles. The highest BCUT2D eigenvalue weighted by Crippen LogP contribution is 2.19. The highest BCUT2D eigenvalue weighted by atomic mass is 16.2. The number of hydrogen-bond acceptors (Lipinski definition) is 8. The van der Waals surface area contributed by atoms with Gasteiger partial charge in [-0.3, -0.25) is 29.0 Å². The van der Waals surface area contributed by atoms with Crippen molar-refractivity contribution >= 4 is 29.5 Å². The number of nitrogens with zero attached hydrogens (tertiary/aromatic N) is 5. The lowest BCUT2D eigenvalue weighted by molar-refractivity contribution is -0.137. The maximum absolute atomic E-state index is 13.6. The molecular formula is C36H49N9O5. The van der Waals surface area contributed by atoms with E-state index in [1.165, 1.54) is 16.5 Å². The van der Waals surface area contributed by atoms with E-state index in [-0.39, 0.29) is 50.3 Å². The van der Waals surface area contributed by atoms with Crippen LogP contribution in [0.3, 0.4) is 0 Å². The van der Waals surface area contributed by atoms with E-state index >= 15 is 0 Å². The average Bonchev–Trinajstić information content (AvgIpc) is 3.51. The van der Waals surface area contributed by atoms with Crippen molar-refractivity contribution in [1.29, 1.82) is 0 Å². The van der Waals surface area contributed by atoms with Gasteiger partial charge in [0.1, 0.15) is 24.5 Å². The number of rotatable bonds is 8. The van der Waals surface area contributed by atoms with Crippen molar-refractivity contribution in [2.45, 2.75) is 90.9 Å². The molecule has 1 aromatic carbocycles. The van der Waals surface area contributed by atoms with Crippen molar-refractivity contribution in [1.82, 2.24) is 45.9 Å². The van der Waals surface area contributed by atoms with Crippen molar-refractivity contribution in [3.8, 4) is 11.4 Å². The summed E-state index contributed by atoms with van der Waals surface area (Å²) in [4.78, 5) is 76.6. The van der Waals surface area contributed by atoms with Gasteiger partial charge in [-0.15, -0.1) is 0 Å². The van der Waals surface area contributed by atoms with E-state index in [0.717, 1.165) is 24.0 Å². The zero-order valence-electron chi connectivity index (χ0n) is 29.4. The summed E-state index contributed by atoms with van der Waals surface area (Å²) in [6.45, 7) is 7.25. The molecule has 0 fully saturated rings. The van der Waals surface area contributed by atoms with Crippen LogP contribution in [0.1, 0.15) is 77.2 Å². The van der Waals surface area contributed by atoms with Crippen LogP contribution in [0.5, 0.6) is 0 Å². The number of fused-ring (bicyclic) bond motifs is 1. The molecule has 0 aliphatic carbocycles. The van der Waals surface area contributed by atoms with Crippen molar-refractivity contribution in [3.63, 3.8) is 0 Å². The Morgan fingerprint density at radius 2 is 1.68 bits per heavy atom. The third-order valence-corrected chi connectivity index (χ3v) is 8.33. The number of aromatic nitrogens is 4. The number of amides is 5. The lowest BCUT2D eigenvalue weighted by Gasteiger charge is -2.25. The second-order valence-electron chi connectivity index (χ2n) is 13.1. The molecule has 0 saturated carbocycles. The molecule has 2 aromatic heterocycles. The van der Waals surface area contributed by atoms with Crippen LogP contribution in [0.25, 0.3) is 11.4 Å². The van der Waals surface area contributed by atoms with Gasteiger partial charge in [0.25, 0.3) is 0 Å². The molecule has 1 aliphatic rings. The molecule has 268 valence electrons. The Bertz CT molecular complexity index is 1600. The Labute approximate surface area is 293 Å². The van der Waals surface area contributed by atoms with Gasteiger partial charge in [-0.1, -0.05) is 50.2 Å². The van der Waals surface area contributed by atoms with E-state index in [4.69, 9.17) is 0 Å². The number of carbonyl (C=O) groups is 5. The summed E-state index contributed by atoms with van der Waals surface area (Å²) in [5, 5.41) is 15.9. The number of carbonyl (C=O) groups excluding carboxylic acids is 5. The number of nitrogens with one attached hydrogen (secondary N) is 4. The molecule has 3 atom stereocenters. The minimum absolute atomic E-state index is 0.0637. The molecule has 5 amide bonds. The zero-order chi connectivity index (χ0) is 36.0. The monoisotopic (exact) mass is 687 g/mol. The van der Waals surface area contributed by atoms with Crippen LogP contribution in [-0.4, -0.2) is 85.9 Å². The molecule has 4 N–H and O–H groups in total. The fourth-order valence-corrected chi connectivity index (χ4v) is 5.70. The molecule has 3 aromatic rings. The lowest BCUT2D eigenvalue weighted by Crippen LogP contribution is -2.54. The van der Waals surface area contributed by atoms with E-state index < -0.39 is 35.8 Å². The molecule has 0 radical (unpaired) electrons. The largest absolute Gasteiger partial charge is 0.354 e. The van der Waals surface area contributed by atoms with Crippen LogP contribution in [-0.2, 0) is 36.9 Å². The highest BCUT2D eigenvalue weighted by molar-refractivity contribution is 5.93. The Kier molecular flexibility index (Phi) is 14.0. The topological polar surface area (TPSA) is 180 Å². The van der Waals surface area contributed by atoms with Gasteiger partial charge < -0.3 is 26.2 Å². The van der Waals surface area contributed by atoms with Gasteiger partial charge in [-0.05, 0) is 63.5 Å². The molecule has 0 bridgehead atoms. The Hall–Kier alpha value is -5.14. The van der Waals surface area contributed by atoms with Crippen LogP contribution in [0.15, 0.2) is 54.9 Å². The standard InChI is InChI=1S/C36H49N9O5/c1-24(2)20-29-36(50)40-25(3)34-42-33(28-14-6-5-7-15-28)43-45(34)23-30(46)38-18-11-19-44(22-31(47)39-26(4)35(49)41-29)32(48)16-9-8-12-27-13-10-17-37-21-27/h5-7,10,13-15,17,21,24-26,29H,8-9,11-12,16,18-20,22-23H2,1-4H3,(H,38,46)(H,39,47)(H,40,50)(H,41,49)/t25-,26+,29+/m0/s1. The summed E-state index contributed by atoms with van der Waals surface area (Å²) >= 11 is 0. The number of unbranched alkanes of at least 4 members (excludes halogenated alkanes) is 1. The Balaban J connectivity index is 1.53. The third kappa shape index (κ3) is 11.5. The van der Waals surface area contributed by atoms with E-state index in [9.17, 15) is 24.0 Å². The molecule has 0 spiro atoms. The first-order chi connectivity index (χ1) is 24.0. The molecular weight excluding hydrogens is 638 g/mol. The molecule has 0 saturated heterocycles. The fraction of sp³-hybridized carbons (Fsp3) is 0.500. The van der Waals surface area contributed by atoms with E-state index in [1.54, 1.807) is 19.3 Å². The maximum atomic E-state index is 13.6. The van der Waals surface area contributed by atoms with Gasteiger partial charge in [-0.25, -0.2) is 9.67 Å². The first kappa shape index (κ1) is 37.7. The van der Waals surface area contributed by atoms with Gasteiger partial charge >= 0.3 is 0 Å². The number of benzene rings is 1. The highest BCUT2D eigenvalue weighted by Gasteiger charge is 2.29. The fourth-order valence-electron chi connectivity index (χ4n) is 5.70. The molecule has 14 heteroatoms. The number of hydrogen-bond donors (Lipinski definition) is 4. The van der Waals surface area contributed by atoms with E-state index in [2.05, 4.69) is 36.3 Å². The van der Waals surface area contributed by atoms with Gasteiger partial charge in [0.05, 0.1) is 12.6 Å². The molecule has 14 nitrogen and oxygen atoms in total. The molecule has 3 heterocycles. The predicted octanol–water partition coefficient (Wildman–Crippen LogP) is 2.31. The summed E-state index contributed by atoms with van der Waals surface area (Å²) in [6, 6.07) is 10.7. The molecule has 50 heavy (non-hydrogen) atoms. The minimum atomic E-state index is -0.961. The molecule has 4 rings (SSSR count). The van der Waals surface area contributed by atoms with Crippen LogP contribution < -0.4 is 21.3 Å². The van der Waals surface area contributed by atoms with Crippen LogP contribution in [0, 0.1) is 5.92 Å².